The number of nitrogens with one attached hydrogen (secondary N) is 8. The molecule has 0 bridgehead atoms. The van der Waals surface area contributed by atoms with Crippen LogP contribution < -0.4 is 71.2 Å². The lowest BCUT2D eigenvalue weighted by molar-refractivity contribution is -0.138. The van der Waals surface area contributed by atoms with Crippen molar-refractivity contribution in [3.8, 4) is 0 Å². The summed E-state index contributed by atoms with van der Waals surface area (Å²) in [6, 6.07) is -9.82. The van der Waals surface area contributed by atoms with E-state index in [1.807, 2.05) is 12.2 Å². The SMILES string of the molecule is CC=C1NC(=O)[C@@H](NC(=O)CCC/C=C\CCCCCC)[C@H](O)CNC(=O)[C@H]([C@@H](O)CN)NC(=O)[C@H]([C@H](O)CN)NC(=O)[C@H](CCCN=C(N)N)NC(=O)[C@H](CC(C)C)NC(=O)[C@H](CCN)NC1=O. The Morgan fingerprint density at radius 1 is 0.739 bits per heavy atom. The van der Waals surface area contributed by atoms with Crippen LogP contribution in [0.4, 0.5) is 0 Å². The number of unbranched alkanes of at least 4 members (excludes halogenated alkanes) is 5. The highest BCUT2D eigenvalue weighted by molar-refractivity contribution is 6.02. The molecule has 0 radical (unpaired) electrons. The van der Waals surface area contributed by atoms with E-state index in [0.717, 1.165) is 32.1 Å². The van der Waals surface area contributed by atoms with Gasteiger partial charge in [0.2, 0.25) is 41.4 Å². The first-order valence-electron chi connectivity index (χ1n) is 23.7. The van der Waals surface area contributed by atoms with Gasteiger partial charge in [0.15, 0.2) is 5.96 Å². The average molecular weight is 981 g/mol. The van der Waals surface area contributed by atoms with Gasteiger partial charge in [0.25, 0.3) is 5.91 Å². The van der Waals surface area contributed by atoms with Crippen LogP contribution >= 0.6 is 0 Å². The zero-order valence-electron chi connectivity index (χ0n) is 40.5. The number of carbonyl (C=O) groups is 8. The highest BCUT2D eigenvalue weighted by Crippen LogP contribution is 2.11. The summed E-state index contributed by atoms with van der Waals surface area (Å²) >= 11 is 0. The van der Waals surface area contributed by atoms with Gasteiger partial charge in [-0.05, 0) is 70.8 Å². The number of hydrogen-bond donors (Lipinski definition) is 16. The number of aliphatic hydroxyl groups is 3. The van der Waals surface area contributed by atoms with Crippen LogP contribution in [0.2, 0.25) is 0 Å². The van der Waals surface area contributed by atoms with Crippen molar-refractivity contribution in [2.45, 2.75) is 159 Å². The molecule has 1 fully saturated rings. The van der Waals surface area contributed by atoms with E-state index in [-0.39, 0.29) is 57.1 Å². The van der Waals surface area contributed by atoms with Crippen molar-refractivity contribution in [2.75, 3.05) is 32.7 Å². The number of nitrogens with two attached hydrogens (primary N) is 5. The third kappa shape index (κ3) is 23.4. The summed E-state index contributed by atoms with van der Waals surface area (Å²) in [5, 5.41) is 52.4. The number of carbonyl (C=O) groups excluding carboxylic acids is 8. The molecule has 0 aromatic heterocycles. The molecule has 0 spiro atoms. The maximum absolute atomic E-state index is 14.0. The summed E-state index contributed by atoms with van der Waals surface area (Å²) in [4.78, 5) is 114. The number of allylic oxidation sites excluding steroid dienone is 3. The Hall–Kier alpha value is -5.73. The third-order valence-corrected chi connectivity index (χ3v) is 10.8. The predicted octanol–water partition coefficient (Wildman–Crippen LogP) is -4.81. The predicted molar refractivity (Wildman–Crippen MR) is 257 cm³/mol. The van der Waals surface area contributed by atoms with Gasteiger partial charge in [-0.2, -0.15) is 0 Å². The fourth-order valence-corrected chi connectivity index (χ4v) is 6.92. The summed E-state index contributed by atoms with van der Waals surface area (Å²) in [7, 11) is 0. The van der Waals surface area contributed by atoms with E-state index in [0.29, 0.717) is 12.8 Å². The van der Waals surface area contributed by atoms with Crippen molar-refractivity contribution in [3.05, 3.63) is 23.9 Å². The van der Waals surface area contributed by atoms with E-state index in [2.05, 4.69) is 54.5 Å². The molecule has 25 heteroatoms. The van der Waals surface area contributed by atoms with Crippen LogP contribution in [-0.2, 0) is 38.4 Å². The monoisotopic (exact) mass is 981 g/mol. The number of nitrogens with zero attached hydrogens (tertiary/aromatic N) is 1. The smallest absolute Gasteiger partial charge is 0.268 e. The topological polar surface area (TPSA) is 436 Å². The molecule has 1 rings (SSSR count). The van der Waals surface area contributed by atoms with E-state index in [9.17, 15) is 53.7 Å². The minimum absolute atomic E-state index is 0.00531. The van der Waals surface area contributed by atoms with Crippen LogP contribution in [0.25, 0.3) is 0 Å². The molecule has 1 aliphatic rings. The number of aliphatic imine (C=N–C) groups is 1. The number of aliphatic hydroxyl groups excluding tert-OH is 3. The molecular weight excluding hydrogens is 901 g/mol. The van der Waals surface area contributed by atoms with E-state index < -0.39 is 127 Å². The first kappa shape index (κ1) is 61.3. The quantitative estimate of drug-likeness (QED) is 0.0159. The normalized spacial score (nSPS) is 24.5. The molecule has 8 amide bonds. The molecule has 0 saturated carbocycles. The summed E-state index contributed by atoms with van der Waals surface area (Å²) in [5.74, 6) is -8.36. The van der Waals surface area contributed by atoms with Crippen LogP contribution in [0.3, 0.4) is 0 Å². The fourth-order valence-electron chi connectivity index (χ4n) is 6.92. The largest absolute Gasteiger partial charge is 0.389 e. The molecule has 1 aliphatic heterocycles. The maximum atomic E-state index is 14.0. The van der Waals surface area contributed by atoms with Crippen molar-refractivity contribution in [1.29, 1.82) is 0 Å². The minimum Gasteiger partial charge on any atom is -0.389 e. The van der Waals surface area contributed by atoms with E-state index in [4.69, 9.17) is 28.7 Å². The lowest BCUT2D eigenvalue weighted by Crippen LogP contribution is -2.64. The molecule has 25 nitrogen and oxygen atoms in total. The van der Waals surface area contributed by atoms with Crippen LogP contribution in [0.15, 0.2) is 28.9 Å². The molecule has 0 aliphatic carbocycles. The van der Waals surface area contributed by atoms with Crippen LogP contribution in [0.1, 0.15) is 105 Å². The van der Waals surface area contributed by atoms with E-state index in [1.165, 1.54) is 13.0 Å². The van der Waals surface area contributed by atoms with Gasteiger partial charge in [-0.3, -0.25) is 43.3 Å². The Kier molecular flexibility index (Phi) is 29.9. The molecule has 1 saturated heterocycles. The molecular formula is C44H80N14O11. The molecule has 392 valence electrons. The molecule has 0 unspecified atom stereocenters. The van der Waals surface area contributed by atoms with Gasteiger partial charge in [0.1, 0.15) is 48.1 Å². The van der Waals surface area contributed by atoms with Crippen LogP contribution in [-0.4, -0.2) is 156 Å². The van der Waals surface area contributed by atoms with Gasteiger partial charge < -0.3 is 86.5 Å². The second kappa shape index (κ2) is 33.7. The van der Waals surface area contributed by atoms with E-state index >= 15 is 0 Å². The van der Waals surface area contributed by atoms with Crippen molar-refractivity contribution < 1.29 is 53.7 Å². The summed E-state index contributed by atoms with van der Waals surface area (Å²) in [6.45, 7) is 4.92. The Morgan fingerprint density at radius 2 is 1.30 bits per heavy atom. The number of β-amino-alcohol motifs (C(OH)–C–C–N with tert-alkyl or cyclic N) is 1. The molecule has 9 atom stereocenters. The summed E-state index contributed by atoms with van der Waals surface area (Å²) < 4.78 is 0. The highest BCUT2D eigenvalue weighted by Gasteiger charge is 2.38. The highest BCUT2D eigenvalue weighted by atomic mass is 16.3. The summed E-state index contributed by atoms with van der Waals surface area (Å²) in [5.41, 5.74) is 27.7. The first-order chi connectivity index (χ1) is 32.7. The van der Waals surface area contributed by atoms with Crippen LogP contribution in [0.5, 0.6) is 0 Å². The standard InChI is InChI=1S/C44H80N14O11/c1-5-7-8-9-10-11-12-13-14-17-33(62)56-36-32(61)24-51-41(67)34(30(59)22-46)58-43(69)35(31(60)23-47)57-39(65)27(16-15-20-50-44(48)49)53-40(66)29(21-25(3)4)55-38(64)28(18-19-45)54-37(63)26(6-2)52-42(36)68/h6,11-12,25,27-32,34-36,59-61H,5,7-10,13-24,45-47H2,1-4H3,(H,51,67)(H,52,68)(H,53,66)(H,54,63)(H,55,64)(H,56,62)(H,57,65)(H,58,69)(H4,48,49,50)/b12-11-,26-6?/t27-,28-,29-,30-,31+,32+,34-,35-,36-/m0/s1. The molecule has 69 heavy (non-hydrogen) atoms. The second-order valence-corrected chi connectivity index (χ2v) is 17.1. The number of guanidine groups is 1. The van der Waals surface area contributed by atoms with E-state index in [1.54, 1.807) is 13.8 Å². The maximum Gasteiger partial charge on any atom is 0.268 e. The number of amides is 8. The van der Waals surface area contributed by atoms with Crippen molar-refractivity contribution in [2.24, 2.45) is 39.6 Å². The van der Waals surface area contributed by atoms with Gasteiger partial charge in [0.05, 0.1) is 12.2 Å². The molecule has 0 aromatic rings. The Morgan fingerprint density at radius 3 is 1.88 bits per heavy atom. The average Bonchev–Trinajstić information content (AvgIpc) is 3.30. The molecule has 21 N–H and O–H groups in total. The third-order valence-electron chi connectivity index (χ3n) is 10.8. The lowest BCUT2D eigenvalue weighted by Gasteiger charge is -2.30. The minimum atomic E-state index is -1.91. The first-order valence-corrected chi connectivity index (χ1v) is 23.7. The van der Waals surface area contributed by atoms with Gasteiger partial charge in [-0.1, -0.05) is 58.3 Å². The second-order valence-electron chi connectivity index (χ2n) is 17.1. The Bertz CT molecular complexity index is 1760. The Balaban J connectivity index is 3.81. The van der Waals surface area contributed by atoms with Gasteiger partial charge in [-0.15, -0.1) is 0 Å². The van der Waals surface area contributed by atoms with Crippen molar-refractivity contribution >= 4 is 53.2 Å². The number of hydrogen-bond acceptors (Lipinski definition) is 15. The van der Waals surface area contributed by atoms with Gasteiger partial charge >= 0.3 is 0 Å². The molecule has 1 heterocycles. The van der Waals surface area contributed by atoms with Crippen molar-refractivity contribution in [1.82, 2.24) is 42.5 Å². The van der Waals surface area contributed by atoms with Crippen LogP contribution in [0, 0.1) is 5.92 Å². The molecule has 0 aromatic carbocycles. The number of rotatable bonds is 22. The fraction of sp³-hybridized carbons (Fsp3) is 0.705. The summed E-state index contributed by atoms with van der Waals surface area (Å²) in [6.07, 6.45) is 5.63. The van der Waals surface area contributed by atoms with Gasteiger partial charge in [-0.25, -0.2) is 0 Å². The van der Waals surface area contributed by atoms with Gasteiger partial charge in [0, 0.05) is 32.6 Å². The Labute approximate surface area is 404 Å². The van der Waals surface area contributed by atoms with Crippen molar-refractivity contribution in [3.63, 3.8) is 0 Å². The zero-order valence-corrected chi connectivity index (χ0v) is 40.5. The zero-order chi connectivity index (χ0) is 52.1. The lowest BCUT2D eigenvalue weighted by atomic mass is 10.0.